The van der Waals surface area contributed by atoms with Gasteiger partial charge >= 0.3 is 5.97 Å². The number of rotatable bonds is 7. The number of hydrogen-bond donors (Lipinski definition) is 2. The van der Waals surface area contributed by atoms with Crippen molar-refractivity contribution >= 4 is 23.5 Å². The quantitative estimate of drug-likeness (QED) is 0.738. The Morgan fingerprint density at radius 2 is 1.65 bits per heavy atom. The van der Waals surface area contributed by atoms with E-state index in [4.69, 9.17) is 15.2 Å². The molecule has 0 aromatic heterocycles. The molecule has 0 aliphatic heterocycles. The highest BCUT2D eigenvalue weighted by molar-refractivity contribution is 5.97. The van der Waals surface area contributed by atoms with Crippen LogP contribution in [0.2, 0.25) is 0 Å². The first-order valence-electron chi connectivity index (χ1n) is 7.95. The van der Waals surface area contributed by atoms with Crippen molar-refractivity contribution in [3.8, 4) is 5.75 Å². The Morgan fingerprint density at radius 3 is 2.23 bits per heavy atom. The fraction of sp³-hybridized carbons (Fsp3) is 0.211. The van der Waals surface area contributed by atoms with Crippen molar-refractivity contribution < 1.29 is 23.9 Å². The van der Waals surface area contributed by atoms with Crippen molar-refractivity contribution in [3.05, 3.63) is 59.7 Å². The van der Waals surface area contributed by atoms with Crippen LogP contribution in [0.15, 0.2) is 48.5 Å². The summed E-state index contributed by atoms with van der Waals surface area (Å²) in [6.45, 7) is 3.19. The molecule has 0 saturated carbocycles. The highest BCUT2D eigenvalue weighted by atomic mass is 16.5. The second kappa shape index (κ2) is 8.66. The van der Waals surface area contributed by atoms with Gasteiger partial charge in [-0.25, -0.2) is 4.79 Å². The van der Waals surface area contributed by atoms with Crippen LogP contribution in [-0.2, 0) is 14.3 Å². The minimum Gasteiger partial charge on any atom is -0.484 e. The Bertz CT molecular complexity index is 785. The fourth-order valence-corrected chi connectivity index (χ4v) is 2.00. The van der Waals surface area contributed by atoms with Crippen LogP contribution in [0.25, 0.3) is 0 Å². The van der Waals surface area contributed by atoms with Crippen LogP contribution in [0.3, 0.4) is 0 Å². The maximum absolute atomic E-state index is 12.1. The van der Waals surface area contributed by atoms with Crippen LogP contribution in [0.5, 0.6) is 5.75 Å². The summed E-state index contributed by atoms with van der Waals surface area (Å²) in [6.07, 6.45) is -0.963. The summed E-state index contributed by atoms with van der Waals surface area (Å²) >= 11 is 0. The van der Waals surface area contributed by atoms with Crippen LogP contribution < -0.4 is 15.8 Å². The summed E-state index contributed by atoms with van der Waals surface area (Å²) < 4.78 is 10.3. The molecule has 2 aromatic rings. The molecule has 0 aliphatic carbocycles. The van der Waals surface area contributed by atoms with Crippen molar-refractivity contribution in [1.29, 1.82) is 0 Å². The van der Waals surface area contributed by atoms with Crippen molar-refractivity contribution in [2.45, 2.75) is 20.0 Å². The number of nitrogens with one attached hydrogen (secondary N) is 1. The highest BCUT2D eigenvalue weighted by Crippen LogP contribution is 2.14. The van der Waals surface area contributed by atoms with Gasteiger partial charge in [0, 0.05) is 5.69 Å². The first-order valence-corrected chi connectivity index (χ1v) is 7.95. The van der Waals surface area contributed by atoms with E-state index in [1.165, 1.54) is 31.2 Å². The minimum absolute atomic E-state index is 0.250. The third-order valence-electron chi connectivity index (χ3n) is 3.44. The molecule has 26 heavy (non-hydrogen) atoms. The van der Waals surface area contributed by atoms with E-state index in [1.807, 2.05) is 19.1 Å². The molecule has 0 fully saturated rings. The zero-order valence-electron chi connectivity index (χ0n) is 14.5. The number of primary amides is 1. The summed E-state index contributed by atoms with van der Waals surface area (Å²) in [7, 11) is 0. The van der Waals surface area contributed by atoms with E-state index in [2.05, 4.69) is 5.32 Å². The smallest absolute Gasteiger partial charge is 0.338 e. The van der Waals surface area contributed by atoms with Crippen molar-refractivity contribution in [2.24, 2.45) is 5.73 Å². The lowest BCUT2D eigenvalue weighted by Gasteiger charge is -2.14. The topological polar surface area (TPSA) is 108 Å². The highest BCUT2D eigenvalue weighted by Gasteiger charge is 2.19. The van der Waals surface area contributed by atoms with E-state index in [1.54, 1.807) is 12.1 Å². The molecule has 0 heterocycles. The van der Waals surface area contributed by atoms with Gasteiger partial charge in [-0.2, -0.15) is 0 Å². The predicted octanol–water partition coefficient (Wildman–Crippen LogP) is 2.04. The summed E-state index contributed by atoms with van der Waals surface area (Å²) in [4.78, 5) is 34.9. The molecule has 136 valence electrons. The second-order valence-electron chi connectivity index (χ2n) is 5.68. The number of carbonyl (C=O) groups excluding carboxylic acids is 3. The average molecular weight is 356 g/mol. The maximum atomic E-state index is 12.1. The van der Waals surface area contributed by atoms with Gasteiger partial charge in [-0.3, -0.25) is 9.59 Å². The maximum Gasteiger partial charge on any atom is 0.338 e. The number of amides is 2. The fourth-order valence-electron chi connectivity index (χ4n) is 2.00. The largest absolute Gasteiger partial charge is 0.484 e. The van der Waals surface area contributed by atoms with Gasteiger partial charge < -0.3 is 20.5 Å². The van der Waals surface area contributed by atoms with E-state index in [9.17, 15) is 14.4 Å². The second-order valence-corrected chi connectivity index (χ2v) is 5.68. The van der Waals surface area contributed by atoms with Crippen molar-refractivity contribution in [1.82, 2.24) is 0 Å². The molecule has 2 aromatic carbocycles. The first-order chi connectivity index (χ1) is 12.3. The Kier molecular flexibility index (Phi) is 6.32. The average Bonchev–Trinajstić information content (AvgIpc) is 2.62. The minimum atomic E-state index is -0.963. The van der Waals surface area contributed by atoms with Gasteiger partial charge in [0.05, 0.1) is 5.56 Å². The number of aryl methyl sites for hydroxylation is 1. The number of ether oxygens (including phenoxy) is 2. The first kappa shape index (κ1) is 19.0. The lowest BCUT2D eigenvalue weighted by molar-refractivity contribution is -0.123. The zero-order chi connectivity index (χ0) is 19.1. The summed E-state index contributed by atoms with van der Waals surface area (Å²) in [5.74, 6) is -1.27. The van der Waals surface area contributed by atoms with Gasteiger partial charge in [0.2, 0.25) is 0 Å². The molecule has 0 radical (unpaired) electrons. The number of benzene rings is 2. The lowest BCUT2D eigenvalue weighted by atomic mass is 10.2. The summed E-state index contributed by atoms with van der Waals surface area (Å²) in [6, 6.07) is 13.3. The molecule has 2 amide bonds. The van der Waals surface area contributed by atoms with Gasteiger partial charge in [-0.05, 0) is 50.2 Å². The van der Waals surface area contributed by atoms with Crippen molar-refractivity contribution in [3.63, 3.8) is 0 Å². The number of anilines is 1. The SMILES string of the molecule is Cc1ccc(NC(=O)[C@H](C)OC(=O)c2ccc(OCC(N)=O)cc2)cc1. The number of esters is 1. The van der Waals surface area contributed by atoms with Gasteiger partial charge in [-0.1, -0.05) is 17.7 Å². The third kappa shape index (κ3) is 5.62. The number of nitrogens with two attached hydrogens (primary N) is 1. The van der Waals surface area contributed by atoms with Crippen molar-refractivity contribution in [2.75, 3.05) is 11.9 Å². The molecule has 0 bridgehead atoms. The molecule has 1 atom stereocenters. The van der Waals surface area contributed by atoms with Crippen LogP contribution in [0, 0.1) is 6.92 Å². The Balaban J connectivity index is 1.90. The van der Waals surface area contributed by atoms with Gasteiger partial charge in [0.15, 0.2) is 12.7 Å². The van der Waals surface area contributed by atoms with Crippen LogP contribution in [0.4, 0.5) is 5.69 Å². The standard InChI is InChI=1S/C19H20N2O5/c1-12-3-7-15(8-4-12)21-18(23)13(2)26-19(24)14-5-9-16(10-6-14)25-11-17(20)22/h3-10,13H,11H2,1-2H3,(H2,20,22)(H,21,23)/t13-/m0/s1. The van der Waals surface area contributed by atoms with Gasteiger partial charge in [-0.15, -0.1) is 0 Å². The monoisotopic (exact) mass is 356 g/mol. The van der Waals surface area contributed by atoms with E-state index in [0.29, 0.717) is 11.4 Å². The molecule has 0 unspecified atom stereocenters. The molecule has 0 saturated heterocycles. The number of carbonyl (C=O) groups is 3. The van der Waals surface area contributed by atoms with Crippen LogP contribution >= 0.6 is 0 Å². The Morgan fingerprint density at radius 1 is 1.04 bits per heavy atom. The third-order valence-corrected chi connectivity index (χ3v) is 3.44. The molecule has 7 heteroatoms. The normalized spacial score (nSPS) is 11.3. The molecular weight excluding hydrogens is 336 g/mol. The Hall–Kier alpha value is -3.35. The van der Waals surface area contributed by atoms with Crippen LogP contribution in [0.1, 0.15) is 22.8 Å². The number of hydrogen-bond acceptors (Lipinski definition) is 5. The Labute approximate surface area is 151 Å². The van der Waals surface area contributed by atoms with E-state index < -0.39 is 23.9 Å². The van der Waals surface area contributed by atoms with Gasteiger partial charge in [0.25, 0.3) is 11.8 Å². The molecule has 7 nitrogen and oxygen atoms in total. The van der Waals surface area contributed by atoms with E-state index in [-0.39, 0.29) is 12.2 Å². The van der Waals surface area contributed by atoms with Crippen LogP contribution in [-0.4, -0.2) is 30.5 Å². The molecule has 0 aliphatic rings. The lowest BCUT2D eigenvalue weighted by Crippen LogP contribution is -2.30. The summed E-state index contributed by atoms with van der Waals surface area (Å²) in [5, 5.41) is 2.68. The predicted molar refractivity (Wildman–Crippen MR) is 95.8 cm³/mol. The molecule has 2 rings (SSSR count). The molecule has 0 spiro atoms. The molecule has 3 N–H and O–H groups in total. The van der Waals surface area contributed by atoms with Gasteiger partial charge in [0.1, 0.15) is 5.75 Å². The zero-order valence-corrected chi connectivity index (χ0v) is 14.5. The summed E-state index contributed by atoms with van der Waals surface area (Å²) in [5.41, 5.74) is 6.94. The molecular formula is C19H20N2O5. The van der Waals surface area contributed by atoms with E-state index in [0.717, 1.165) is 5.56 Å². The van der Waals surface area contributed by atoms with E-state index >= 15 is 0 Å².